The van der Waals surface area contributed by atoms with E-state index in [1.807, 2.05) is 23.1 Å². The van der Waals surface area contributed by atoms with E-state index in [1.54, 1.807) is 11.2 Å². The number of amides is 1. The Morgan fingerprint density at radius 3 is 2.50 bits per heavy atom. The Morgan fingerprint density at radius 1 is 1.08 bits per heavy atom. The van der Waals surface area contributed by atoms with Crippen molar-refractivity contribution in [2.45, 2.75) is 19.8 Å². The third-order valence-electron chi connectivity index (χ3n) is 4.92. The van der Waals surface area contributed by atoms with E-state index in [2.05, 4.69) is 11.0 Å². The zero-order chi connectivity index (χ0) is 17.2. The fraction of sp³-hybridized carbons (Fsp3) is 0.588. The van der Waals surface area contributed by atoms with Gasteiger partial charge >= 0.3 is 0 Å². The smallest absolute Gasteiger partial charge is 0.228 e. The summed E-state index contributed by atoms with van der Waals surface area (Å²) in [6.45, 7) is 5.58. The Hall–Kier alpha value is -1.44. The van der Waals surface area contributed by atoms with Crippen LogP contribution >= 0.6 is 0 Å². The highest BCUT2D eigenvalue weighted by Gasteiger charge is 2.27. The van der Waals surface area contributed by atoms with E-state index in [9.17, 15) is 13.2 Å². The summed E-state index contributed by atoms with van der Waals surface area (Å²) < 4.78 is 25.3. The van der Waals surface area contributed by atoms with Gasteiger partial charge in [0, 0.05) is 51.4 Å². The molecule has 0 radical (unpaired) electrons. The van der Waals surface area contributed by atoms with Gasteiger partial charge in [-0.1, -0.05) is 18.2 Å². The number of hydrogen-bond donors (Lipinski definition) is 0. The molecule has 0 N–H and O–H groups in total. The standard InChI is InChI=1S/C17H25N3O3S/c1-2-24(22,23)19-13-11-18(12-14-19)9-8-17(21)20-10-7-15-5-3-4-6-16(15)20/h3-6H,2,7-14H2,1H3. The van der Waals surface area contributed by atoms with Crippen molar-refractivity contribution in [1.29, 1.82) is 0 Å². The van der Waals surface area contributed by atoms with Gasteiger partial charge in [0.2, 0.25) is 15.9 Å². The second kappa shape index (κ2) is 7.21. The lowest BCUT2D eigenvalue weighted by Gasteiger charge is -2.33. The lowest BCUT2D eigenvalue weighted by Crippen LogP contribution is -2.49. The molecule has 132 valence electrons. The molecular weight excluding hydrogens is 326 g/mol. The van der Waals surface area contributed by atoms with Crippen molar-refractivity contribution >= 4 is 21.6 Å². The van der Waals surface area contributed by atoms with Gasteiger partial charge in [0.15, 0.2) is 0 Å². The third kappa shape index (κ3) is 3.63. The molecule has 2 aliphatic heterocycles. The van der Waals surface area contributed by atoms with Crippen molar-refractivity contribution in [2.24, 2.45) is 0 Å². The molecule has 0 atom stereocenters. The first-order valence-corrected chi connectivity index (χ1v) is 10.2. The molecule has 0 aliphatic carbocycles. The Kier molecular flexibility index (Phi) is 5.22. The molecule has 2 heterocycles. The first-order valence-electron chi connectivity index (χ1n) is 8.59. The minimum absolute atomic E-state index is 0.153. The molecule has 3 rings (SSSR count). The monoisotopic (exact) mass is 351 g/mol. The number of piperazine rings is 1. The van der Waals surface area contributed by atoms with Crippen LogP contribution in [0.15, 0.2) is 24.3 Å². The average Bonchev–Trinajstić information content (AvgIpc) is 3.04. The number of sulfonamides is 1. The maximum atomic E-state index is 12.5. The molecule has 0 aromatic heterocycles. The molecule has 0 unspecified atom stereocenters. The number of anilines is 1. The number of carbonyl (C=O) groups is 1. The van der Waals surface area contributed by atoms with Crippen LogP contribution in [-0.2, 0) is 21.2 Å². The summed E-state index contributed by atoms with van der Waals surface area (Å²) in [6, 6.07) is 8.07. The Morgan fingerprint density at radius 2 is 1.79 bits per heavy atom. The summed E-state index contributed by atoms with van der Waals surface area (Å²) in [5.74, 6) is 0.309. The van der Waals surface area contributed by atoms with Gasteiger partial charge in [0.1, 0.15) is 0 Å². The molecule has 24 heavy (non-hydrogen) atoms. The quantitative estimate of drug-likeness (QED) is 0.792. The molecule has 0 saturated carbocycles. The molecule has 1 aromatic carbocycles. The first kappa shape index (κ1) is 17.4. The lowest BCUT2D eigenvalue weighted by atomic mass is 10.2. The van der Waals surface area contributed by atoms with Crippen LogP contribution in [0.5, 0.6) is 0 Å². The van der Waals surface area contributed by atoms with Crippen LogP contribution in [0, 0.1) is 0 Å². The fourth-order valence-corrected chi connectivity index (χ4v) is 4.48. The largest absolute Gasteiger partial charge is 0.312 e. The summed E-state index contributed by atoms with van der Waals surface area (Å²) in [4.78, 5) is 16.6. The topological polar surface area (TPSA) is 60.9 Å². The summed E-state index contributed by atoms with van der Waals surface area (Å²) in [7, 11) is -3.09. The van der Waals surface area contributed by atoms with Crippen LogP contribution in [0.4, 0.5) is 5.69 Å². The maximum Gasteiger partial charge on any atom is 0.228 e. The number of hydrogen-bond acceptors (Lipinski definition) is 4. The van der Waals surface area contributed by atoms with Crippen molar-refractivity contribution < 1.29 is 13.2 Å². The first-order chi connectivity index (χ1) is 11.5. The van der Waals surface area contributed by atoms with Crippen molar-refractivity contribution in [3.63, 3.8) is 0 Å². The summed E-state index contributed by atoms with van der Waals surface area (Å²) >= 11 is 0. The predicted octanol–water partition coefficient (Wildman–Crippen LogP) is 0.933. The molecule has 1 aromatic rings. The minimum atomic E-state index is -3.09. The molecule has 0 spiro atoms. The van der Waals surface area contributed by atoms with Crippen molar-refractivity contribution in [3.8, 4) is 0 Å². The van der Waals surface area contributed by atoms with Gasteiger partial charge in [-0.3, -0.25) is 4.79 Å². The third-order valence-corrected chi connectivity index (χ3v) is 6.80. The van der Waals surface area contributed by atoms with Crippen LogP contribution < -0.4 is 4.90 Å². The van der Waals surface area contributed by atoms with E-state index >= 15 is 0 Å². The van der Waals surface area contributed by atoms with E-state index in [0.29, 0.717) is 39.1 Å². The molecule has 1 saturated heterocycles. The number of rotatable bonds is 5. The Bertz CT molecular complexity index is 697. The number of nitrogens with zero attached hydrogens (tertiary/aromatic N) is 3. The van der Waals surface area contributed by atoms with Crippen LogP contribution in [0.2, 0.25) is 0 Å². The molecule has 0 bridgehead atoms. The molecular formula is C17H25N3O3S. The molecule has 2 aliphatic rings. The Balaban J connectivity index is 1.49. The fourth-order valence-electron chi connectivity index (χ4n) is 3.40. The zero-order valence-corrected chi connectivity index (χ0v) is 15.0. The summed E-state index contributed by atoms with van der Waals surface area (Å²) in [5.41, 5.74) is 2.28. The van der Waals surface area contributed by atoms with Gasteiger partial charge in [0.25, 0.3) is 0 Å². The normalized spacial score (nSPS) is 19.5. The van der Waals surface area contributed by atoms with E-state index in [-0.39, 0.29) is 11.7 Å². The van der Waals surface area contributed by atoms with Crippen LogP contribution in [0.1, 0.15) is 18.9 Å². The maximum absolute atomic E-state index is 12.5. The van der Waals surface area contributed by atoms with E-state index in [1.165, 1.54) is 5.56 Å². The van der Waals surface area contributed by atoms with Gasteiger partial charge in [-0.05, 0) is 25.0 Å². The van der Waals surface area contributed by atoms with Gasteiger partial charge in [0.05, 0.1) is 5.75 Å². The number of para-hydroxylation sites is 1. The van der Waals surface area contributed by atoms with Gasteiger partial charge < -0.3 is 9.80 Å². The number of benzene rings is 1. The van der Waals surface area contributed by atoms with E-state index in [0.717, 1.165) is 18.7 Å². The van der Waals surface area contributed by atoms with Gasteiger partial charge in [-0.25, -0.2) is 8.42 Å². The molecule has 6 nitrogen and oxygen atoms in total. The molecule has 1 amide bonds. The summed E-state index contributed by atoms with van der Waals surface area (Å²) in [5, 5.41) is 0. The van der Waals surface area contributed by atoms with Crippen LogP contribution in [-0.4, -0.2) is 68.6 Å². The lowest BCUT2D eigenvalue weighted by molar-refractivity contribution is -0.118. The average molecular weight is 351 g/mol. The number of carbonyl (C=O) groups excluding carboxylic acids is 1. The molecule has 7 heteroatoms. The van der Waals surface area contributed by atoms with Crippen LogP contribution in [0.3, 0.4) is 0 Å². The van der Waals surface area contributed by atoms with Crippen LogP contribution in [0.25, 0.3) is 0 Å². The van der Waals surface area contributed by atoms with Crippen molar-refractivity contribution in [3.05, 3.63) is 29.8 Å². The predicted molar refractivity (Wildman–Crippen MR) is 94.6 cm³/mol. The minimum Gasteiger partial charge on any atom is -0.312 e. The summed E-state index contributed by atoms with van der Waals surface area (Å²) in [6.07, 6.45) is 1.41. The zero-order valence-electron chi connectivity index (χ0n) is 14.1. The molecule has 1 fully saturated rings. The SMILES string of the molecule is CCS(=O)(=O)N1CCN(CCC(=O)N2CCc3ccccc32)CC1. The second-order valence-electron chi connectivity index (χ2n) is 6.32. The highest BCUT2D eigenvalue weighted by atomic mass is 32.2. The highest BCUT2D eigenvalue weighted by Crippen LogP contribution is 2.27. The van der Waals surface area contributed by atoms with Crippen molar-refractivity contribution in [2.75, 3.05) is 49.9 Å². The number of fused-ring (bicyclic) bond motifs is 1. The Labute approximate surface area is 144 Å². The van der Waals surface area contributed by atoms with Gasteiger partial charge in [-0.2, -0.15) is 4.31 Å². The van der Waals surface area contributed by atoms with E-state index < -0.39 is 10.0 Å². The van der Waals surface area contributed by atoms with Gasteiger partial charge in [-0.15, -0.1) is 0 Å². The highest BCUT2D eigenvalue weighted by molar-refractivity contribution is 7.89. The second-order valence-corrected chi connectivity index (χ2v) is 8.57. The van der Waals surface area contributed by atoms with E-state index in [4.69, 9.17) is 0 Å². The van der Waals surface area contributed by atoms with Crippen molar-refractivity contribution in [1.82, 2.24) is 9.21 Å².